The number of hydrogen-bond acceptors (Lipinski definition) is 3. The molecular formula is C14H22N2O. The second kappa shape index (κ2) is 6.15. The van der Waals surface area contributed by atoms with Crippen LogP contribution >= 0.6 is 0 Å². The molecule has 1 aliphatic rings. The summed E-state index contributed by atoms with van der Waals surface area (Å²) in [6.45, 7) is 2.45. The molecule has 94 valence electrons. The fourth-order valence-corrected chi connectivity index (χ4v) is 2.40. The van der Waals surface area contributed by atoms with Crippen molar-refractivity contribution in [3.63, 3.8) is 0 Å². The number of nitrogens with one attached hydrogen (secondary N) is 1. The Hall–Kier alpha value is -0.900. The van der Waals surface area contributed by atoms with E-state index in [0.717, 1.165) is 13.1 Å². The average Bonchev–Trinajstić information content (AvgIpc) is 2.39. The number of benzene rings is 1. The molecule has 1 heterocycles. The molecule has 3 nitrogen and oxygen atoms in total. The van der Waals surface area contributed by atoms with E-state index in [1.54, 1.807) is 0 Å². The summed E-state index contributed by atoms with van der Waals surface area (Å²) in [6.07, 6.45) is 2.33. The van der Waals surface area contributed by atoms with Gasteiger partial charge in [-0.1, -0.05) is 30.3 Å². The molecule has 0 bridgehead atoms. The molecule has 1 aliphatic heterocycles. The molecule has 1 aromatic carbocycles. The van der Waals surface area contributed by atoms with Crippen LogP contribution in [0.25, 0.3) is 0 Å². The second-order valence-corrected chi connectivity index (χ2v) is 4.89. The van der Waals surface area contributed by atoms with Crippen molar-refractivity contribution in [2.75, 3.05) is 26.7 Å². The fraction of sp³-hybridized carbons (Fsp3) is 0.571. The average molecular weight is 234 g/mol. The number of aliphatic hydroxyl groups excluding tert-OH is 1. The maximum atomic E-state index is 9.49. The largest absolute Gasteiger partial charge is 0.394 e. The molecule has 0 aromatic heterocycles. The van der Waals surface area contributed by atoms with E-state index in [2.05, 4.69) is 29.4 Å². The SMILES string of the molecule is CN1CCC(N[C@@H](CO)c2ccccc2)CC1. The normalized spacial score (nSPS) is 20.4. The van der Waals surface area contributed by atoms with Crippen LogP contribution in [0.5, 0.6) is 0 Å². The zero-order chi connectivity index (χ0) is 12.1. The van der Waals surface area contributed by atoms with Crippen LogP contribution in [0.15, 0.2) is 30.3 Å². The number of hydrogen-bond donors (Lipinski definition) is 2. The van der Waals surface area contributed by atoms with Crippen molar-refractivity contribution in [3.05, 3.63) is 35.9 Å². The van der Waals surface area contributed by atoms with Crippen molar-refractivity contribution in [1.82, 2.24) is 10.2 Å². The van der Waals surface area contributed by atoms with E-state index >= 15 is 0 Å². The van der Waals surface area contributed by atoms with Gasteiger partial charge in [-0.05, 0) is 38.5 Å². The van der Waals surface area contributed by atoms with Gasteiger partial charge in [-0.2, -0.15) is 0 Å². The highest BCUT2D eigenvalue weighted by molar-refractivity contribution is 5.19. The van der Waals surface area contributed by atoms with Crippen LogP contribution in [0.4, 0.5) is 0 Å². The molecule has 2 N–H and O–H groups in total. The Labute approximate surface area is 103 Å². The van der Waals surface area contributed by atoms with E-state index in [-0.39, 0.29) is 12.6 Å². The van der Waals surface area contributed by atoms with E-state index in [4.69, 9.17) is 0 Å². The Morgan fingerprint density at radius 3 is 2.53 bits per heavy atom. The number of piperidine rings is 1. The van der Waals surface area contributed by atoms with Crippen LogP contribution in [-0.2, 0) is 0 Å². The first-order valence-corrected chi connectivity index (χ1v) is 6.40. The lowest BCUT2D eigenvalue weighted by atomic mass is 10.0. The van der Waals surface area contributed by atoms with Gasteiger partial charge in [0.1, 0.15) is 0 Å². The topological polar surface area (TPSA) is 35.5 Å². The summed E-state index contributed by atoms with van der Waals surface area (Å²) in [5, 5.41) is 13.1. The van der Waals surface area contributed by atoms with E-state index in [1.807, 2.05) is 18.2 Å². The van der Waals surface area contributed by atoms with Gasteiger partial charge in [-0.15, -0.1) is 0 Å². The molecule has 0 amide bonds. The van der Waals surface area contributed by atoms with Crippen molar-refractivity contribution in [3.8, 4) is 0 Å². The Bertz CT molecular complexity index is 320. The summed E-state index contributed by atoms with van der Waals surface area (Å²) >= 11 is 0. The van der Waals surface area contributed by atoms with Gasteiger partial charge in [0.05, 0.1) is 12.6 Å². The van der Waals surface area contributed by atoms with Gasteiger partial charge in [-0.25, -0.2) is 0 Å². The van der Waals surface area contributed by atoms with Crippen molar-refractivity contribution < 1.29 is 5.11 Å². The smallest absolute Gasteiger partial charge is 0.0626 e. The van der Waals surface area contributed by atoms with E-state index < -0.39 is 0 Å². The molecule has 1 saturated heterocycles. The van der Waals surface area contributed by atoms with Crippen LogP contribution in [0.3, 0.4) is 0 Å². The second-order valence-electron chi connectivity index (χ2n) is 4.89. The minimum atomic E-state index is 0.0737. The monoisotopic (exact) mass is 234 g/mol. The third kappa shape index (κ3) is 3.53. The van der Waals surface area contributed by atoms with Gasteiger partial charge in [0.25, 0.3) is 0 Å². The van der Waals surface area contributed by atoms with Gasteiger partial charge < -0.3 is 15.3 Å². The Balaban J connectivity index is 1.92. The van der Waals surface area contributed by atoms with E-state index in [0.29, 0.717) is 6.04 Å². The van der Waals surface area contributed by atoms with Crippen molar-refractivity contribution >= 4 is 0 Å². The van der Waals surface area contributed by atoms with Crippen LogP contribution in [0, 0.1) is 0 Å². The molecule has 0 saturated carbocycles. The van der Waals surface area contributed by atoms with Crippen LogP contribution < -0.4 is 5.32 Å². The number of likely N-dealkylation sites (tertiary alicyclic amines) is 1. The molecule has 3 heteroatoms. The van der Waals surface area contributed by atoms with Gasteiger partial charge >= 0.3 is 0 Å². The predicted molar refractivity (Wildman–Crippen MR) is 69.9 cm³/mol. The maximum absolute atomic E-state index is 9.49. The van der Waals surface area contributed by atoms with Gasteiger partial charge in [-0.3, -0.25) is 0 Å². The highest BCUT2D eigenvalue weighted by Gasteiger charge is 2.20. The molecular weight excluding hydrogens is 212 g/mol. The number of rotatable bonds is 4. The third-order valence-corrected chi connectivity index (χ3v) is 3.54. The molecule has 0 unspecified atom stereocenters. The molecule has 0 aliphatic carbocycles. The quantitative estimate of drug-likeness (QED) is 0.826. The Morgan fingerprint density at radius 2 is 1.94 bits per heavy atom. The van der Waals surface area contributed by atoms with E-state index in [1.165, 1.54) is 18.4 Å². The molecule has 0 radical (unpaired) electrons. The molecule has 1 fully saturated rings. The first kappa shape index (κ1) is 12.6. The highest BCUT2D eigenvalue weighted by Crippen LogP contribution is 2.16. The summed E-state index contributed by atoms with van der Waals surface area (Å²) in [5.74, 6) is 0. The summed E-state index contributed by atoms with van der Waals surface area (Å²) in [5.41, 5.74) is 1.17. The Kier molecular flexibility index (Phi) is 4.54. The predicted octanol–water partition coefficient (Wildman–Crippen LogP) is 1.40. The highest BCUT2D eigenvalue weighted by atomic mass is 16.3. The van der Waals surface area contributed by atoms with E-state index in [9.17, 15) is 5.11 Å². The number of nitrogens with zero attached hydrogens (tertiary/aromatic N) is 1. The molecule has 17 heavy (non-hydrogen) atoms. The standard InChI is InChI=1S/C14H22N2O/c1-16-9-7-13(8-10-16)15-14(11-17)12-5-3-2-4-6-12/h2-6,13-15,17H,7-11H2,1H3/t14-/m0/s1. The van der Waals surface area contributed by atoms with Crippen molar-refractivity contribution in [2.45, 2.75) is 24.9 Å². The van der Waals surface area contributed by atoms with Gasteiger partial charge in [0.2, 0.25) is 0 Å². The molecule has 1 aromatic rings. The minimum absolute atomic E-state index is 0.0737. The first-order valence-electron chi connectivity index (χ1n) is 6.40. The Morgan fingerprint density at radius 1 is 1.29 bits per heavy atom. The number of aliphatic hydroxyl groups is 1. The first-order chi connectivity index (χ1) is 8.29. The maximum Gasteiger partial charge on any atom is 0.0626 e. The molecule has 2 rings (SSSR count). The lowest BCUT2D eigenvalue weighted by molar-refractivity contribution is 0.191. The summed E-state index contributed by atoms with van der Waals surface area (Å²) < 4.78 is 0. The summed E-state index contributed by atoms with van der Waals surface area (Å²) in [4.78, 5) is 2.36. The molecule has 0 spiro atoms. The zero-order valence-electron chi connectivity index (χ0n) is 10.5. The van der Waals surface area contributed by atoms with Crippen molar-refractivity contribution in [2.24, 2.45) is 0 Å². The lowest BCUT2D eigenvalue weighted by Crippen LogP contribution is -2.43. The minimum Gasteiger partial charge on any atom is -0.394 e. The fourth-order valence-electron chi connectivity index (χ4n) is 2.40. The third-order valence-electron chi connectivity index (χ3n) is 3.54. The van der Waals surface area contributed by atoms with Crippen LogP contribution in [0.1, 0.15) is 24.4 Å². The lowest BCUT2D eigenvalue weighted by Gasteiger charge is -2.32. The van der Waals surface area contributed by atoms with Crippen LogP contribution in [0.2, 0.25) is 0 Å². The van der Waals surface area contributed by atoms with Gasteiger partial charge in [0.15, 0.2) is 0 Å². The summed E-state index contributed by atoms with van der Waals surface area (Å²) in [7, 11) is 2.16. The van der Waals surface area contributed by atoms with Crippen LogP contribution in [-0.4, -0.2) is 42.8 Å². The molecule has 1 atom stereocenters. The zero-order valence-corrected chi connectivity index (χ0v) is 10.5. The van der Waals surface area contributed by atoms with Gasteiger partial charge in [0, 0.05) is 6.04 Å². The summed E-state index contributed by atoms with van der Waals surface area (Å²) in [6, 6.07) is 10.8. The van der Waals surface area contributed by atoms with Crippen molar-refractivity contribution in [1.29, 1.82) is 0 Å².